The van der Waals surface area contributed by atoms with Crippen molar-refractivity contribution in [2.75, 3.05) is 6.54 Å². The van der Waals surface area contributed by atoms with Gasteiger partial charge in [-0.2, -0.15) is 18.3 Å². The van der Waals surface area contributed by atoms with Gasteiger partial charge in [0, 0.05) is 18.8 Å². The third-order valence-corrected chi connectivity index (χ3v) is 3.60. The van der Waals surface area contributed by atoms with E-state index in [0.29, 0.717) is 11.1 Å². The first kappa shape index (κ1) is 18.0. The number of carbonyl (C=O) groups is 1. The van der Waals surface area contributed by atoms with Crippen LogP contribution < -0.4 is 5.32 Å². The van der Waals surface area contributed by atoms with Crippen molar-refractivity contribution in [2.45, 2.75) is 25.1 Å². The largest absolute Gasteiger partial charge is 0.416 e. The first-order chi connectivity index (χ1) is 11.1. The molecule has 0 saturated carbocycles. The summed E-state index contributed by atoms with van der Waals surface area (Å²) >= 11 is 0. The van der Waals surface area contributed by atoms with Crippen LogP contribution in [0.5, 0.6) is 0 Å². The quantitative estimate of drug-likeness (QED) is 0.874. The predicted octanol–water partition coefficient (Wildman–Crippen LogP) is 2.01. The summed E-state index contributed by atoms with van der Waals surface area (Å²) in [7, 11) is 1.71. The van der Waals surface area contributed by atoms with Crippen LogP contribution in [0.25, 0.3) is 0 Å². The average Bonchev–Trinajstić information content (AvgIpc) is 2.92. The lowest BCUT2D eigenvalue weighted by molar-refractivity contribution is -0.137. The molecule has 1 heterocycles. The van der Waals surface area contributed by atoms with Gasteiger partial charge in [0.05, 0.1) is 24.7 Å². The molecule has 0 spiro atoms. The lowest BCUT2D eigenvalue weighted by Crippen LogP contribution is -2.39. The molecule has 5 nitrogen and oxygen atoms in total. The van der Waals surface area contributed by atoms with E-state index in [9.17, 15) is 23.1 Å². The van der Waals surface area contributed by atoms with E-state index in [0.717, 1.165) is 12.1 Å². The molecule has 1 aromatic carbocycles. The summed E-state index contributed by atoms with van der Waals surface area (Å²) in [6.45, 7) is 1.51. The third-order valence-electron chi connectivity index (χ3n) is 3.60. The number of hydrogen-bond donors (Lipinski definition) is 2. The van der Waals surface area contributed by atoms with Gasteiger partial charge in [0.2, 0.25) is 5.91 Å². The van der Waals surface area contributed by atoms with Crippen LogP contribution in [0.1, 0.15) is 23.6 Å². The molecule has 0 bridgehead atoms. The van der Waals surface area contributed by atoms with Crippen LogP contribution in [0.15, 0.2) is 36.7 Å². The first-order valence-electron chi connectivity index (χ1n) is 7.22. The van der Waals surface area contributed by atoms with Gasteiger partial charge < -0.3 is 10.4 Å². The molecule has 130 valence electrons. The zero-order chi connectivity index (χ0) is 18.0. The van der Waals surface area contributed by atoms with E-state index in [1.807, 2.05) is 0 Å². The molecule has 1 aromatic heterocycles. The number of aliphatic hydroxyl groups is 1. The highest BCUT2D eigenvalue weighted by molar-refractivity contribution is 5.78. The van der Waals surface area contributed by atoms with Crippen LogP contribution in [0.2, 0.25) is 0 Å². The zero-order valence-electron chi connectivity index (χ0n) is 13.3. The Kier molecular flexibility index (Phi) is 4.98. The summed E-state index contributed by atoms with van der Waals surface area (Å²) in [4.78, 5) is 11.9. The Morgan fingerprint density at radius 2 is 1.88 bits per heavy atom. The molecule has 1 atom stereocenters. The van der Waals surface area contributed by atoms with Crippen molar-refractivity contribution in [1.29, 1.82) is 0 Å². The number of hydrogen-bond acceptors (Lipinski definition) is 3. The van der Waals surface area contributed by atoms with E-state index in [1.54, 1.807) is 20.2 Å². The van der Waals surface area contributed by atoms with Crippen molar-refractivity contribution >= 4 is 5.91 Å². The monoisotopic (exact) mass is 341 g/mol. The van der Waals surface area contributed by atoms with Crippen LogP contribution in [-0.4, -0.2) is 27.3 Å². The standard InChI is InChI=1S/C16H18F3N3O2/c1-15(24,13-8-21-22(2)9-13)10-20-14(23)7-11-3-5-12(6-4-11)16(17,18)19/h3-6,8-9,24H,7,10H2,1-2H3,(H,20,23). The molecule has 0 aliphatic heterocycles. The minimum Gasteiger partial charge on any atom is -0.383 e. The van der Waals surface area contributed by atoms with Crippen molar-refractivity contribution < 1.29 is 23.1 Å². The molecular weight excluding hydrogens is 323 g/mol. The van der Waals surface area contributed by atoms with E-state index in [-0.39, 0.29) is 18.9 Å². The highest BCUT2D eigenvalue weighted by Crippen LogP contribution is 2.29. The van der Waals surface area contributed by atoms with E-state index < -0.39 is 17.3 Å². The maximum atomic E-state index is 12.5. The Labute approximate surface area is 137 Å². The number of alkyl halides is 3. The normalized spacial score (nSPS) is 14.2. The second-order valence-corrected chi connectivity index (χ2v) is 5.82. The van der Waals surface area contributed by atoms with E-state index in [4.69, 9.17) is 0 Å². The molecule has 2 aromatic rings. The molecule has 0 aliphatic carbocycles. The van der Waals surface area contributed by atoms with Gasteiger partial charge in [0.25, 0.3) is 0 Å². The number of nitrogens with zero attached hydrogens (tertiary/aromatic N) is 2. The summed E-state index contributed by atoms with van der Waals surface area (Å²) in [5.74, 6) is -0.390. The maximum absolute atomic E-state index is 12.5. The molecule has 0 fully saturated rings. The summed E-state index contributed by atoms with van der Waals surface area (Å²) in [6, 6.07) is 4.41. The SMILES string of the molecule is Cn1cc(C(C)(O)CNC(=O)Cc2ccc(C(F)(F)F)cc2)cn1. The fourth-order valence-electron chi connectivity index (χ4n) is 2.13. The number of carbonyl (C=O) groups excluding carboxylic acids is 1. The molecular formula is C16H18F3N3O2. The number of halogens is 3. The molecule has 2 rings (SSSR count). The molecule has 8 heteroatoms. The third kappa shape index (κ3) is 4.58. The smallest absolute Gasteiger partial charge is 0.383 e. The van der Waals surface area contributed by atoms with Gasteiger partial charge in [0.15, 0.2) is 0 Å². The number of aromatic nitrogens is 2. The molecule has 1 unspecified atom stereocenters. The van der Waals surface area contributed by atoms with E-state index in [1.165, 1.54) is 23.0 Å². The van der Waals surface area contributed by atoms with Crippen molar-refractivity contribution in [1.82, 2.24) is 15.1 Å². The fraction of sp³-hybridized carbons (Fsp3) is 0.375. The number of benzene rings is 1. The molecule has 0 radical (unpaired) electrons. The fourth-order valence-corrected chi connectivity index (χ4v) is 2.13. The first-order valence-corrected chi connectivity index (χ1v) is 7.22. The lowest BCUT2D eigenvalue weighted by Gasteiger charge is -2.22. The zero-order valence-corrected chi connectivity index (χ0v) is 13.3. The Bertz CT molecular complexity index is 706. The van der Waals surface area contributed by atoms with Crippen molar-refractivity contribution in [2.24, 2.45) is 7.05 Å². The Hall–Kier alpha value is -2.35. The molecule has 0 aliphatic rings. The Morgan fingerprint density at radius 3 is 2.38 bits per heavy atom. The lowest BCUT2D eigenvalue weighted by atomic mass is 9.99. The molecule has 24 heavy (non-hydrogen) atoms. The van der Waals surface area contributed by atoms with Gasteiger partial charge in [-0.25, -0.2) is 0 Å². The van der Waals surface area contributed by atoms with Crippen LogP contribution in [-0.2, 0) is 30.0 Å². The number of rotatable bonds is 5. The number of amides is 1. The van der Waals surface area contributed by atoms with Gasteiger partial charge in [-0.15, -0.1) is 0 Å². The maximum Gasteiger partial charge on any atom is 0.416 e. The highest BCUT2D eigenvalue weighted by Gasteiger charge is 2.30. The van der Waals surface area contributed by atoms with Crippen molar-refractivity contribution in [3.63, 3.8) is 0 Å². The summed E-state index contributed by atoms with van der Waals surface area (Å²) in [5.41, 5.74) is -1.03. The Morgan fingerprint density at radius 1 is 1.25 bits per heavy atom. The van der Waals surface area contributed by atoms with Gasteiger partial charge in [0.1, 0.15) is 5.60 Å². The molecule has 1 amide bonds. The van der Waals surface area contributed by atoms with Crippen LogP contribution in [0.3, 0.4) is 0 Å². The van der Waals surface area contributed by atoms with Gasteiger partial charge in [-0.1, -0.05) is 12.1 Å². The average molecular weight is 341 g/mol. The summed E-state index contributed by atoms with van der Waals surface area (Å²) in [6.07, 6.45) is -1.32. The minimum atomic E-state index is -4.40. The second-order valence-electron chi connectivity index (χ2n) is 5.82. The highest BCUT2D eigenvalue weighted by atomic mass is 19.4. The van der Waals surface area contributed by atoms with Crippen molar-refractivity contribution in [3.8, 4) is 0 Å². The van der Waals surface area contributed by atoms with Gasteiger partial charge >= 0.3 is 6.18 Å². The van der Waals surface area contributed by atoms with Crippen LogP contribution in [0.4, 0.5) is 13.2 Å². The predicted molar refractivity (Wildman–Crippen MR) is 80.9 cm³/mol. The minimum absolute atomic E-state index is 0.0296. The molecule has 0 saturated heterocycles. The van der Waals surface area contributed by atoms with Crippen LogP contribution in [0, 0.1) is 0 Å². The number of aryl methyl sites for hydroxylation is 1. The van der Waals surface area contributed by atoms with Crippen LogP contribution >= 0.6 is 0 Å². The van der Waals surface area contributed by atoms with E-state index >= 15 is 0 Å². The van der Waals surface area contributed by atoms with E-state index in [2.05, 4.69) is 10.4 Å². The topological polar surface area (TPSA) is 67.2 Å². The number of nitrogens with one attached hydrogen (secondary N) is 1. The van der Waals surface area contributed by atoms with Crippen molar-refractivity contribution in [3.05, 3.63) is 53.3 Å². The summed E-state index contributed by atoms with van der Waals surface area (Å²) < 4.78 is 39.0. The van der Waals surface area contributed by atoms with Gasteiger partial charge in [-0.3, -0.25) is 9.48 Å². The van der Waals surface area contributed by atoms with Gasteiger partial charge in [-0.05, 0) is 24.6 Å². The summed E-state index contributed by atoms with van der Waals surface area (Å²) in [5, 5.41) is 16.9. The second kappa shape index (κ2) is 6.64. The molecule has 2 N–H and O–H groups in total. The Balaban J connectivity index is 1.91.